The minimum atomic E-state index is -1.25. The van der Waals surface area contributed by atoms with Crippen LogP contribution in [0.4, 0.5) is 9.18 Å². The molecule has 0 spiro atoms. The van der Waals surface area contributed by atoms with Crippen molar-refractivity contribution in [3.8, 4) is 0 Å². The fraction of sp³-hybridized carbons (Fsp3) is 0.357. The molecule has 120 valence electrons. The van der Waals surface area contributed by atoms with Gasteiger partial charge in [-0.25, -0.2) is 14.0 Å². The number of ether oxygens (including phenoxy) is 1. The molecule has 3 amide bonds. The van der Waals surface area contributed by atoms with Crippen LogP contribution in [0, 0.1) is 5.82 Å². The van der Waals surface area contributed by atoms with Gasteiger partial charge in [0.1, 0.15) is 5.82 Å². The number of urea groups is 1. The summed E-state index contributed by atoms with van der Waals surface area (Å²) in [4.78, 5) is 34.9. The van der Waals surface area contributed by atoms with Crippen LogP contribution in [0.15, 0.2) is 22.7 Å². The molecule has 0 aliphatic rings. The third-order valence-corrected chi connectivity index (χ3v) is 2.95. The number of halogens is 2. The molecule has 0 radical (unpaired) electrons. The fourth-order valence-electron chi connectivity index (χ4n) is 1.44. The van der Waals surface area contributed by atoms with Gasteiger partial charge in [0.2, 0.25) is 0 Å². The maximum atomic E-state index is 13.5. The van der Waals surface area contributed by atoms with Crippen molar-refractivity contribution >= 4 is 33.8 Å². The third kappa shape index (κ3) is 5.44. The summed E-state index contributed by atoms with van der Waals surface area (Å²) in [7, 11) is 0. The summed E-state index contributed by atoms with van der Waals surface area (Å²) in [5.41, 5.74) is -0.305. The van der Waals surface area contributed by atoms with E-state index in [4.69, 9.17) is 4.74 Å². The average molecular weight is 375 g/mol. The molecule has 8 heteroatoms. The van der Waals surface area contributed by atoms with Crippen LogP contribution < -0.4 is 10.6 Å². The first-order valence-corrected chi connectivity index (χ1v) is 7.27. The van der Waals surface area contributed by atoms with Crippen molar-refractivity contribution in [3.05, 3.63) is 34.1 Å². The summed E-state index contributed by atoms with van der Waals surface area (Å²) in [5, 5.41) is 4.48. The lowest BCUT2D eigenvalue weighted by molar-refractivity contribution is -0.127. The highest BCUT2D eigenvalue weighted by Crippen LogP contribution is 2.17. The van der Waals surface area contributed by atoms with Gasteiger partial charge in [-0.1, -0.05) is 15.9 Å². The van der Waals surface area contributed by atoms with E-state index in [0.29, 0.717) is 4.47 Å². The van der Waals surface area contributed by atoms with Gasteiger partial charge in [0.15, 0.2) is 6.10 Å². The van der Waals surface area contributed by atoms with Gasteiger partial charge >= 0.3 is 12.0 Å². The van der Waals surface area contributed by atoms with Crippen LogP contribution in [0.5, 0.6) is 0 Å². The van der Waals surface area contributed by atoms with E-state index in [0.717, 1.165) is 6.07 Å². The first kappa shape index (κ1) is 18.1. The molecule has 2 N–H and O–H groups in total. The van der Waals surface area contributed by atoms with Crippen molar-refractivity contribution in [2.75, 3.05) is 0 Å². The number of carbonyl (C=O) groups excluding carboxylic acids is 3. The lowest BCUT2D eigenvalue weighted by Gasteiger charge is -2.14. The van der Waals surface area contributed by atoms with Crippen molar-refractivity contribution in [2.45, 2.75) is 32.9 Å². The molecule has 1 atom stereocenters. The van der Waals surface area contributed by atoms with E-state index < -0.39 is 29.8 Å². The number of esters is 1. The molecule has 22 heavy (non-hydrogen) atoms. The molecule has 0 fully saturated rings. The van der Waals surface area contributed by atoms with E-state index in [1.165, 1.54) is 19.1 Å². The van der Waals surface area contributed by atoms with Crippen molar-refractivity contribution in [3.63, 3.8) is 0 Å². The molecule has 0 saturated carbocycles. The minimum absolute atomic E-state index is 0.151. The van der Waals surface area contributed by atoms with Crippen LogP contribution in [0.2, 0.25) is 0 Å². The molecule has 0 aromatic heterocycles. The first-order valence-electron chi connectivity index (χ1n) is 6.48. The lowest BCUT2D eigenvalue weighted by atomic mass is 10.2. The predicted molar refractivity (Wildman–Crippen MR) is 80.8 cm³/mol. The van der Waals surface area contributed by atoms with Crippen molar-refractivity contribution in [2.24, 2.45) is 0 Å². The predicted octanol–water partition coefficient (Wildman–Crippen LogP) is 2.37. The van der Waals surface area contributed by atoms with Crippen molar-refractivity contribution in [1.29, 1.82) is 0 Å². The molecule has 0 unspecified atom stereocenters. The van der Waals surface area contributed by atoms with Crippen molar-refractivity contribution in [1.82, 2.24) is 10.6 Å². The van der Waals surface area contributed by atoms with Crippen LogP contribution in [0.25, 0.3) is 0 Å². The molecule has 0 saturated heterocycles. The van der Waals surface area contributed by atoms with E-state index in [1.54, 1.807) is 13.8 Å². The third-order valence-electron chi connectivity index (χ3n) is 2.46. The largest absolute Gasteiger partial charge is 0.449 e. The number of nitrogens with one attached hydrogen (secondary N) is 2. The van der Waals surface area contributed by atoms with Gasteiger partial charge in [0.05, 0.1) is 5.56 Å². The zero-order valence-electron chi connectivity index (χ0n) is 12.3. The Kier molecular flexibility index (Phi) is 6.48. The Hall–Kier alpha value is -1.96. The molecule has 1 aromatic carbocycles. The molecule has 0 bridgehead atoms. The maximum Gasteiger partial charge on any atom is 0.341 e. The maximum absolute atomic E-state index is 13.5. The van der Waals surface area contributed by atoms with E-state index in [1.807, 2.05) is 5.32 Å². The highest BCUT2D eigenvalue weighted by atomic mass is 79.9. The SMILES string of the molecule is CC(C)NC(=O)NC(=O)[C@@H](C)OC(=O)c1cc(Br)ccc1F. The van der Waals surface area contributed by atoms with Gasteiger partial charge in [0.25, 0.3) is 5.91 Å². The second kappa shape index (κ2) is 7.88. The summed E-state index contributed by atoms with van der Waals surface area (Å²) in [5.74, 6) is -2.56. The summed E-state index contributed by atoms with van der Waals surface area (Å²) in [6, 6.07) is 2.92. The van der Waals surface area contributed by atoms with E-state index >= 15 is 0 Å². The van der Waals surface area contributed by atoms with Crippen molar-refractivity contribution < 1.29 is 23.5 Å². The van der Waals surface area contributed by atoms with Crippen LogP contribution in [-0.4, -0.2) is 30.1 Å². The van der Waals surface area contributed by atoms with E-state index in [9.17, 15) is 18.8 Å². The smallest absolute Gasteiger partial charge is 0.341 e. The fourth-order valence-corrected chi connectivity index (χ4v) is 1.80. The van der Waals surface area contributed by atoms with E-state index in [-0.39, 0.29) is 11.6 Å². The van der Waals surface area contributed by atoms with Crippen LogP contribution >= 0.6 is 15.9 Å². The summed E-state index contributed by atoms with van der Waals surface area (Å²) < 4.78 is 18.9. The molecular weight excluding hydrogens is 359 g/mol. The van der Waals surface area contributed by atoms with Crippen LogP contribution in [0.3, 0.4) is 0 Å². The minimum Gasteiger partial charge on any atom is -0.449 e. The summed E-state index contributed by atoms with van der Waals surface area (Å²) in [6.07, 6.45) is -1.25. The number of hydrogen-bond donors (Lipinski definition) is 2. The Morgan fingerprint density at radius 3 is 2.45 bits per heavy atom. The monoisotopic (exact) mass is 374 g/mol. The number of benzene rings is 1. The quantitative estimate of drug-likeness (QED) is 0.792. The summed E-state index contributed by atoms with van der Waals surface area (Å²) in [6.45, 7) is 4.73. The van der Waals surface area contributed by atoms with Gasteiger partial charge in [-0.15, -0.1) is 0 Å². The number of hydrogen-bond acceptors (Lipinski definition) is 4. The Labute approximate surface area is 135 Å². The Bertz CT molecular complexity index is 592. The summed E-state index contributed by atoms with van der Waals surface area (Å²) >= 11 is 3.11. The second-order valence-corrected chi connectivity index (χ2v) is 5.70. The van der Waals surface area contributed by atoms with Gasteiger partial charge < -0.3 is 10.1 Å². The Balaban J connectivity index is 2.65. The first-order chi connectivity index (χ1) is 10.2. The normalized spacial score (nSPS) is 11.7. The number of carbonyl (C=O) groups is 3. The van der Waals surface area contributed by atoms with Gasteiger partial charge in [-0.05, 0) is 39.0 Å². The highest BCUT2D eigenvalue weighted by molar-refractivity contribution is 9.10. The number of rotatable bonds is 4. The van der Waals surface area contributed by atoms with Gasteiger partial charge in [-0.2, -0.15) is 0 Å². The molecule has 0 aliphatic carbocycles. The molecule has 1 aromatic rings. The zero-order chi connectivity index (χ0) is 16.9. The Morgan fingerprint density at radius 2 is 1.86 bits per heavy atom. The van der Waals surface area contributed by atoms with Gasteiger partial charge in [0, 0.05) is 10.5 Å². The number of imide groups is 1. The zero-order valence-corrected chi connectivity index (χ0v) is 13.9. The average Bonchev–Trinajstić information content (AvgIpc) is 2.40. The lowest BCUT2D eigenvalue weighted by Crippen LogP contribution is -2.46. The van der Waals surface area contributed by atoms with Gasteiger partial charge in [-0.3, -0.25) is 10.1 Å². The highest BCUT2D eigenvalue weighted by Gasteiger charge is 2.22. The topological polar surface area (TPSA) is 84.5 Å². The Morgan fingerprint density at radius 1 is 1.23 bits per heavy atom. The molecule has 1 rings (SSSR count). The molecular formula is C14H16BrFN2O4. The molecule has 6 nitrogen and oxygen atoms in total. The second-order valence-electron chi connectivity index (χ2n) is 4.79. The van der Waals surface area contributed by atoms with Crippen LogP contribution in [-0.2, 0) is 9.53 Å². The number of amides is 3. The molecule has 0 heterocycles. The van der Waals surface area contributed by atoms with E-state index in [2.05, 4.69) is 21.2 Å². The van der Waals surface area contributed by atoms with Crippen LogP contribution in [0.1, 0.15) is 31.1 Å². The standard InChI is InChI=1S/C14H16BrFN2O4/c1-7(2)17-14(21)18-12(19)8(3)22-13(20)10-6-9(15)4-5-11(10)16/h4-8H,1-3H3,(H2,17,18,19,21)/t8-/m1/s1. The molecule has 0 aliphatic heterocycles.